The zero-order chi connectivity index (χ0) is 24.0. The Morgan fingerprint density at radius 3 is 2.00 bits per heavy atom. The lowest BCUT2D eigenvalue weighted by Crippen LogP contribution is -2.31. The number of ketones is 1. The number of hydrogen-bond donors (Lipinski definition) is 2. The predicted molar refractivity (Wildman–Crippen MR) is 149 cm³/mol. The number of nitrogens with two attached hydrogens (primary N) is 1. The molecule has 0 saturated carbocycles. The molecule has 1 aliphatic carbocycles. The molecule has 0 unspecified atom stereocenters. The van der Waals surface area contributed by atoms with Gasteiger partial charge in [-0.05, 0) is 41.0 Å². The number of Topliss-reactive ketones (excluding diaryl/α,β-unsaturated/α-hetero) is 1. The maximum absolute atomic E-state index is 12.5. The fourth-order valence-corrected chi connectivity index (χ4v) is 4.51. The number of fused-ring (bicyclic) bond motifs is 3. The SMILES string of the molecule is CC(C)C[C@H](CC(=O)[C@@H](C)CCNC(=O)OCC1c2ccccc2-c2ccccc21)C(N)=O.S.S. The van der Waals surface area contributed by atoms with Gasteiger partial charge < -0.3 is 15.8 Å². The molecule has 0 fully saturated rings. The number of rotatable bonds is 11. The van der Waals surface area contributed by atoms with E-state index in [4.69, 9.17) is 10.5 Å². The topological polar surface area (TPSA) is 98.5 Å². The van der Waals surface area contributed by atoms with Gasteiger partial charge in [0.05, 0.1) is 0 Å². The van der Waals surface area contributed by atoms with Gasteiger partial charge in [0.2, 0.25) is 5.91 Å². The van der Waals surface area contributed by atoms with Gasteiger partial charge in [0.15, 0.2) is 0 Å². The molecular formula is C27H38N2O4S2. The van der Waals surface area contributed by atoms with E-state index in [1.165, 1.54) is 11.1 Å². The molecule has 3 N–H and O–H groups in total. The third-order valence-electron chi connectivity index (χ3n) is 6.35. The number of carbonyl (C=O) groups excluding carboxylic acids is 3. The summed E-state index contributed by atoms with van der Waals surface area (Å²) in [5, 5.41) is 2.74. The van der Waals surface area contributed by atoms with Gasteiger partial charge in [0.1, 0.15) is 12.4 Å². The Morgan fingerprint density at radius 2 is 1.49 bits per heavy atom. The molecule has 2 aromatic carbocycles. The predicted octanol–water partition coefficient (Wildman–Crippen LogP) is 4.88. The van der Waals surface area contributed by atoms with Crippen LogP contribution in [-0.2, 0) is 14.3 Å². The van der Waals surface area contributed by atoms with Crippen LogP contribution in [0, 0.1) is 17.8 Å². The van der Waals surface area contributed by atoms with Crippen molar-refractivity contribution in [3.05, 3.63) is 59.7 Å². The van der Waals surface area contributed by atoms with Crippen LogP contribution in [0.25, 0.3) is 11.1 Å². The minimum Gasteiger partial charge on any atom is -0.449 e. The lowest BCUT2D eigenvalue weighted by molar-refractivity contribution is -0.129. The molecule has 6 nitrogen and oxygen atoms in total. The van der Waals surface area contributed by atoms with Crippen LogP contribution < -0.4 is 11.1 Å². The van der Waals surface area contributed by atoms with Gasteiger partial charge in [-0.1, -0.05) is 69.3 Å². The Labute approximate surface area is 222 Å². The summed E-state index contributed by atoms with van der Waals surface area (Å²) in [4.78, 5) is 36.4. The summed E-state index contributed by atoms with van der Waals surface area (Å²) in [5.41, 5.74) is 10.1. The number of amides is 2. The van der Waals surface area contributed by atoms with Crippen molar-refractivity contribution in [2.75, 3.05) is 13.2 Å². The normalized spacial score (nSPS) is 13.5. The molecule has 192 valence electrons. The van der Waals surface area contributed by atoms with E-state index in [0.29, 0.717) is 25.3 Å². The molecule has 2 amide bonds. The summed E-state index contributed by atoms with van der Waals surface area (Å²) in [6, 6.07) is 16.4. The van der Waals surface area contributed by atoms with E-state index in [1.807, 2.05) is 45.0 Å². The van der Waals surface area contributed by atoms with E-state index < -0.39 is 17.9 Å². The lowest BCUT2D eigenvalue weighted by atomic mass is 9.88. The number of primary amides is 1. The maximum atomic E-state index is 12.5. The second-order valence-corrected chi connectivity index (χ2v) is 9.34. The smallest absolute Gasteiger partial charge is 0.407 e. The van der Waals surface area contributed by atoms with Crippen LogP contribution in [0.3, 0.4) is 0 Å². The monoisotopic (exact) mass is 518 g/mol. The van der Waals surface area contributed by atoms with Crippen LogP contribution in [0.2, 0.25) is 0 Å². The quantitative estimate of drug-likeness (QED) is 0.443. The molecule has 0 bridgehead atoms. The molecule has 2 atom stereocenters. The van der Waals surface area contributed by atoms with Crippen LogP contribution in [0.4, 0.5) is 4.79 Å². The van der Waals surface area contributed by atoms with Gasteiger partial charge in [-0.15, -0.1) is 0 Å². The standard InChI is InChI=1S/C27H34N2O4.2H2S/c1-17(2)14-19(26(28)31)15-25(30)18(3)12-13-29-27(32)33-16-24-22-10-6-4-8-20(22)21-9-5-7-11-23(21)24;;/h4-11,17-19,24H,12-16H2,1-3H3,(H2,28,31)(H,29,32);2*1H2/t18-,19+;;/m0../s1. The number of nitrogens with one attached hydrogen (secondary N) is 1. The Bertz CT molecular complexity index is 967. The van der Waals surface area contributed by atoms with Crippen molar-refractivity contribution in [3.8, 4) is 11.1 Å². The third-order valence-corrected chi connectivity index (χ3v) is 6.35. The van der Waals surface area contributed by atoms with Crippen molar-refractivity contribution in [3.63, 3.8) is 0 Å². The average Bonchev–Trinajstić information content (AvgIpc) is 3.10. The molecule has 1 aliphatic rings. The highest BCUT2D eigenvalue weighted by Crippen LogP contribution is 2.44. The second-order valence-electron chi connectivity index (χ2n) is 9.34. The fourth-order valence-electron chi connectivity index (χ4n) is 4.51. The number of benzene rings is 2. The zero-order valence-electron chi connectivity index (χ0n) is 20.7. The molecule has 8 heteroatoms. The summed E-state index contributed by atoms with van der Waals surface area (Å²) in [5.74, 6) is -0.839. The van der Waals surface area contributed by atoms with E-state index in [9.17, 15) is 14.4 Å². The van der Waals surface area contributed by atoms with Crippen molar-refractivity contribution in [2.24, 2.45) is 23.5 Å². The van der Waals surface area contributed by atoms with Gasteiger partial charge >= 0.3 is 6.09 Å². The number of alkyl carbamates (subject to hydrolysis) is 1. The van der Waals surface area contributed by atoms with E-state index in [2.05, 4.69) is 29.6 Å². The van der Waals surface area contributed by atoms with E-state index >= 15 is 0 Å². The molecular weight excluding hydrogens is 480 g/mol. The minimum absolute atomic E-state index is 0. The van der Waals surface area contributed by atoms with E-state index in [1.54, 1.807) is 0 Å². The molecule has 2 aromatic rings. The second kappa shape index (κ2) is 14.2. The first-order chi connectivity index (χ1) is 15.8. The van der Waals surface area contributed by atoms with Crippen LogP contribution in [0.5, 0.6) is 0 Å². The molecule has 0 saturated heterocycles. The largest absolute Gasteiger partial charge is 0.449 e. The lowest BCUT2D eigenvalue weighted by Gasteiger charge is -2.18. The van der Waals surface area contributed by atoms with Gasteiger partial charge in [-0.2, -0.15) is 27.0 Å². The Hall–Kier alpha value is -2.45. The molecule has 0 radical (unpaired) electrons. The first-order valence-corrected chi connectivity index (χ1v) is 11.7. The number of hydrogen-bond acceptors (Lipinski definition) is 4. The summed E-state index contributed by atoms with van der Waals surface area (Å²) in [6.07, 6.45) is 0.744. The highest BCUT2D eigenvalue weighted by atomic mass is 32.1. The summed E-state index contributed by atoms with van der Waals surface area (Å²) in [7, 11) is 0. The van der Waals surface area contributed by atoms with Crippen molar-refractivity contribution in [2.45, 2.75) is 46.0 Å². The number of ether oxygens (including phenoxy) is 1. The van der Waals surface area contributed by atoms with Crippen molar-refractivity contribution in [1.82, 2.24) is 5.32 Å². The van der Waals surface area contributed by atoms with E-state index in [-0.39, 0.29) is 57.6 Å². The first kappa shape index (κ1) is 30.6. The van der Waals surface area contributed by atoms with Gasteiger partial charge in [0, 0.05) is 30.7 Å². The van der Waals surface area contributed by atoms with Crippen LogP contribution >= 0.6 is 27.0 Å². The van der Waals surface area contributed by atoms with Gasteiger partial charge in [0.25, 0.3) is 0 Å². The Morgan fingerprint density at radius 1 is 0.943 bits per heavy atom. The summed E-state index contributed by atoms with van der Waals surface area (Å²) >= 11 is 0. The maximum Gasteiger partial charge on any atom is 0.407 e. The van der Waals surface area contributed by atoms with Gasteiger partial charge in [-0.25, -0.2) is 4.79 Å². The fraction of sp³-hybridized carbons (Fsp3) is 0.444. The highest BCUT2D eigenvalue weighted by molar-refractivity contribution is 7.59. The molecule has 0 spiro atoms. The van der Waals surface area contributed by atoms with Gasteiger partial charge in [-0.3, -0.25) is 9.59 Å². The molecule has 3 rings (SSSR count). The van der Waals surface area contributed by atoms with Crippen LogP contribution in [0.15, 0.2) is 48.5 Å². The third kappa shape index (κ3) is 8.04. The Kier molecular flexibility index (Phi) is 12.4. The molecule has 0 aliphatic heterocycles. The molecule has 35 heavy (non-hydrogen) atoms. The molecule has 0 aromatic heterocycles. The molecule has 0 heterocycles. The summed E-state index contributed by atoms with van der Waals surface area (Å²) < 4.78 is 5.53. The van der Waals surface area contributed by atoms with Crippen molar-refractivity contribution in [1.29, 1.82) is 0 Å². The zero-order valence-corrected chi connectivity index (χ0v) is 22.7. The first-order valence-electron chi connectivity index (χ1n) is 11.7. The van der Waals surface area contributed by atoms with Crippen LogP contribution in [-0.4, -0.2) is 30.9 Å². The van der Waals surface area contributed by atoms with E-state index in [0.717, 1.165) is 11.1 Å². The highest BCUT2D eigenvalue weighted by Gasteiger charge is 2.29. The van der Waals surface area contributed by atoms with Crippen molar-refractivity contribution < 1.29 is 19.1 Å². The summed E-state index contributed by atoms with van der Waals surface area (Å²) in [6.45, 7) is 6.40. The average molecular weight is 519 g/mol. The Balaban J connectivity index is 0.00000306. The van der Waals surface area contributed by atoms with Crippen LogP contribution in [0.1, 0.15) is 57.1 Å². The number of carbonyl (C=O) groups is 3. The minimum atomic E-state index is -0.494. The van der Waals surface area contributed by atoms with Crippen molar-refractivity contribution >= 4 is 44.8 Å².